The van der Waals surface area contributed by atoms with Crippen LogP contribution in [0.3, 0.4) is 0 Å². The molecule has 0 aliphatic heterocycles. The summed E-state index contributed by atoms with van der Waals surface area (Å²) in [6.07, 6.45) is 1.82. The van der Waals surface area contributed by atoms with E-state index in [9.17, 15) is 0 Å². The third-order valence-electron chi connectivity index (χ3n) is 2.50. The molecule has 0 saturated carbocycles. The zero-order valence-electron chi connectivity index (χ0n) is 8.62. The Hall–Kier alpha value is -1.49. The van der Waals surface area contributed by atoms with Crippen molar-refractivity contribution in [2.75, 3.05) is 0 Å². The molecule has 0 radical (unpaired) electrons. The molecular formula is C12H15NO. The molecule has 1 aromatic carbocycles. The van der Waals surface area contributed by atoms with E-state index in [4.69, 9.17) is 10.4 Å². The molecule has 0 bridgehead atoms. The van der Waals surface area contributed by atoms with Gasteiger partial charge in [-0.25, -0.2) is 0 Å². The minimum atomic E-state index is -0.428. The summed E-state index contributed by atoms with van der Waals surface area (Å²) >= 11 is 0. The summed E-state index contributed by atoms with van der Waals surface area (Å²) < 4.78 is 0. The fourth-order valence-corrected chi connectivity index (χ4v) is 1.59. The number of phenols is 1. The van der Waals surface area contributed by atoms with Crippen LogP contribution < -0.4 is 0 Å². The maximum atomic E-state index is 9.14. The van der Waals surface area contributed by atoms with Gasteiger partial charge < -0.3 is 5.11 Å². The van der Waals surface area contributed by atoms with Gasteiger partial charge in [0.1, 0.15) is 5.75 Å². The number of benzene rings is 1. The molecule has 1 N–H and O–H groups in total. The highest BCUT2D eigenvalue weighted by molar-refractivity contribution is 5.35. The van der Waals surface area contributed by atoms with Crippen molar-refractivity contribution in [2.45, 2.75) is 32.1 Å². The average Bonchev–Trinajstić information content (AvgIpc) is 2.19. The molecule has 0 heterocycles. The molecule has 74 valence electrons. The van der Waals surface area contributed by atoms with Crippen molar-refractivity contribution in [3.63, 3.8) is 0 Å². The van der Waals surface area contributed by atoms with Gasteiger partial charge in [0, 0.05) is 0 Å². The van der Waals surface area contributed by atoms with Gasteiger partial charge in [-0.1, -0.05) is 25.5 Å². The molecule has 0 fully saturated rings. The van der Waals surface area contributed by atoms with E-state index in [2.05, 4.69) is 13.0 Å². The summed E-state index contributed by atoms with van der Waals surface area (Å²) in [6.45, 7) is 4.00. The summed E-state index contributed by atoms with van der Waals surface area (Å²) in [5, 5.41) is 18.3. The van der Waals surface area contributed by atoms with Crippen LogP contribution in [0.15, 0.2) is 24.3 Å². The van der Waals surface area contributed by atoms with Gasteiger partial charge in [0.25, 0.3) is 0 Å². The topological polar surface area (TPSA) is 44.0 Å². The standard InChI is InChI=1S/C12H15NO/c1-3-8-12(2,9-13)10-4-6-11(14)7-5-10/h4-7,14H,3,8H2,1-2H3. The Labute approximate surface area is 84.8 Å². The predicted octanol–water partition coefficient (Wildman–Crippen LogP) is 2.97. The van der Waals surface area contributed by atoms with Crippen molar-refractivity contribution in [3.05, 3.63) is 29.8 Å². The molecule has 2 nitrogen and oxygen atoms in total. The van der Waals surface area contributed by atoms with Crippen LogP contribution in [0.5, 0.6) is 5.75 Å². The maximum Gasteiger partial charge on any atom is 0.115 e. The minimum Gasteiger partial charge on any atom is -0.508 e. The van der Waals surface area contributed by atoms with Gasteiger partial charge in [-0.15, -0.1) is 0 Å². The fraction of sp³-hybridized carbons (Fsp3) is 0.417. The first-order chi connectivity index (χ1) is 6.62. The lowest BCUT2D eigenvalue weighted by Crippen LogP contribution is -2.18. The summed E-state index contributed by atoms with van der Waals surface area (Å²) in [5.74, 6) is 0.241. The van der Waals surface area contributed by atoms with E-state index in [0.717, 1.165) is 18.4 Å². The van der Waals surface area contributed by atoms with E-state index >= 15 is 0 Å². The Morgan fingerprint density at radius 2 is 1.93 bits per heavy atom. The number of hydrogen-bond donors (Lipinski definition) is 1. The third-order valence-corrected chi connectivity index (χ3v) is 2.50. The van der Waals surface area contributed by atoms with Crippen LogP contribution in [-0.2, 0) is 5.41 Å². The van der Waals surface area contributed by atoms with E-state index in [1.54, 1.807) is 12.1 Å². The average molecular weight is 189 g/mol. The van der Waals surface area contributed by atoms with Crippen LogP contribution in [0, 0.1) is 11.3 Å². The summed E-state index contributed by atoms with van der Waals surface area (Å²) in [4.78, 5) is 0. The van der Waals surface area contributed by atoms with Crippen molar-refractivity contribution in [1.29, 1.82) is 5.26 Å². The zero-order valence-corrected chi connectivity index (χ0v) is 8.62. The molecule has 0 spiro atoms. The van der Waals surface area contributed by atoms with Crippen LogP contribution in [-0.4, -0.2) is 5.11 Å². The van der Waals surface area contributed by atoms with E-state index in [0.29, 0.717) is 0 Å². The van der Waals surface area contributed by atoms with E-state index in [-0.39, 0.29) is 5.75 Å². The first kappa shape index (κ1) is 10.6. The molecule has 1 aromatic rings. The Kier molecular flexibility index (Phi) is 3.14. The van der Waals surface area contributed by atoms with Crippen molar-refractivity contribution >= 4 is 0 Å². The Morgan fingerprint density at radius 3 is 2.36 bits per heavy atom. The second-order valence-electron chi connectivity index (χ2n) is 3.74. The number of nitriles is 1. The number of aromatic hydroxyl groups is 1. The van der Waals surface area contributed by atoms with Gasteiger partial charge in [-0.3, -0.25) is 0 Å². The van der Waals surface area contributed by atoms with Crippen molar-refractivity contribution in [3.8, 4) is 11.8 Å². The molecule has 2 heteroatoms. The quantitative estimate of drug-likeness (QED) is 0.794. The monoisotopic (exact) mass is 189 g/mol. The van der Waals surface area contributed by atoms with Crippen molar-refractivity contribution < 1.29 is 5.11 Å². The Bertz CT molecular complexity index is 336. The third kappa shape index (κ3) is 2.05. The molecule has 1 atom stereocenters. The lowest BCUT2D eigenvalue weighted by molar-refractivity contribution is 0.473. The molecule has 1 rings (SSSR count). The smallest absolute Gasteiger partial charge is 0.115 e. The number of rotatable bonds is 3. The second kappa shape index (κ2) is 4.15. The van der Waals surface area contributed by atoms with Crippen molar-refractivity contribution in [2.24, 2.45) is 0 Å². The molecule has 1 unspecified atom stereocenters. The first-order valence-electron chi connectivity index (χ1n) is 4.83. The lowest BCUT2D eigenvalue weighted by atomic mass is 9.80. The Morgan fingerprint density at radius 1 is 1.36 bits per heavy atom. The SMILES string of the molecule is CCCC(C)(C#N)c1ccc(O)cc1. The maximum absolute atomic E-state index is 9.14. The minimum absolute atomic E-state index is 0.241. The van der Waals surface area contributed by atoms with Gasteiger partial charge in [0.05, 0.1) is 11.5 Å². The van der Waals surface area contributed by atoms with E-state index in [1.807, 2.05) is 19.1 Å². The van der Waals surface area contributed by atoms with Crippen LogP contribution in [0.4, 0.5) is 0 Å². The molecule has 0 aliphatic carbocycles. The van der Waals surface area contributed by atoms with Crippen LogP contribution in [0.25, 0.3) is 0 Å². The lowest BCUT2D eigenvalue weighted by Gasteiger charge is -2.21. The van der Waals surface area contributed by atoms with Gasteiger partial charge in [0.15, 0.2) is 0 Å². The van der Waals surface area contributed by atoms with Gasteiger partial charge >= 0.3 is 0 Å². The Balaban J connectivity index is 3.01. The molecule has 0 saturated heterocycles. The second-order valence-corrected chi connectivity index (χ2v) is 3.74. The van der Waals surface area contributed by atoms with Gasteiger partial charge in [-0.2, -0.15) is 5.26 Å². The van der Waals surface area contributed by atoms with E-state index < -0.39 is 5.41 Å². The highest BCUT2D eigenvalue weighted by Gasteiger charge is 2.24. The molecule has 0 amide bonds. The normalized spacial score (nSPS) is 14.4. The van der Waals surface area contributed by atoms with Crippen molar-refractivity contribution in [1.82, 2.24) is 0 Å². The summed E-state index contributed by atoms with van der Waals surface area (Å²) in [6, 6.07) is 9.21. The fourth-order valence-electron chi connectivity index (χ4n) is 1.59. The number of nitrogens with zero attached hydrogens (tertiary/aromatic N) is 1. The number of hydrogen-bond acceptors (Lipinski definition) is 2. The van der Waals surface area contributed by atoms with E-state index in [1.165, 1.54) is 0 Å². The molecule has 0 aliphatic rings. The zero-order chi connectivity index (χ0) is 10.6. The van der Waals surface area contributed by atoms with Crippen LogP contribution in [0.1, 0.15) is 32.3 Å². The summed E-state index contributed by atoms with van der Waals surface area (Å²) in [7, 11) is 0. The largest absolute Gasteiger partial charge is 0.508 e. The van der Waals surface area contributed by atoms with Gasteiger partial charge in [0.2, 0.25) is 0 Å². The molecule has 14 heavy (non-hydrogen) atoms. The molecule has 0 aromatic heterocycles. The van der Waals surface area contributed by atoms with Crippen LogP contribution >= 0.6 is 0 Å². The van der Waals surface area contributed by atoms with Gasteiger partial charge in [-0.05, 0) is 31.0 Å². The number of phenolic OH excluding ortho intramolecular Hbond substituents is 1. The highest BCUT2D eigenvalue weighted by Crippen LogP contribution is 2.29. The summed E-state index contributed by atoms with van der Waals surface area (Å²) in [5.41, 5.74) is 0.544. The highest BCUT2D eigenvalue weighted by atomic mass is 16.3. The van der Waals surface area contributed by atoms with Crippen LogP contribution in [0.2, 0.25) is 0 Å². The molecular weight excluding hydrogens is 174 g/mol. The first-order valence-corrected chi connectivity index (χ1v) is 4.83. The predicted molar refractivity (Wildman–Crippen MR) is 56.0 cm³/mol.